The number of ether oxygens (including phenoxy) is 2. The summed E-state index contributed by atoms with van der Waals surface area (Å²) in [6, 6.07) is 20.0. The molecule has 276 valence electrons. The normalized spacial score (nSPS) is 21.5. The Morgan fingerprint density at radius 3 is 2.67 bits per heavy atom. The summed E-state index contributed by atoms with van der Waals surface area (Å²) in [5.74, 6) is 2.19. The van der Waals surface area contributed by atoms with Crippen molar-refractivity contribution in [3.63, 3.8) is 0 Å². The van der Waals surface area contributed by atoms with Crippen LogP contribution >= 0.6 is 11.6 Å². The molecular weight excluding hydrogens is 707 g/mol. The second-order valence-corrected chi connectivity index (χ2v) is 16.2. The molecule has 2 atom stereocenters. The highest BCUT2D eigenvalue weighted by molar-refractivity contribution is 6.30. The Kier molecular flexibility index (Phi) is 7.79. The maximum absolute atomic E-state index is 14.3. The van der Waals surface area contributed by atoms with Crippen LogP contribution in [0.15, 0.2) is 66.7 Å². The topological polar surface area (TPSA) is 111 Å². The number of carbonyl (C=O) groups is 2. The summed E-state index contributed by atoms with van der Waals surface area (Å²) in [5, 5.41) is 6.49. The van der Waals surface area contributed by atoms with Gasteiger partial charge in [-0.3, -0.25) is 9.59 Å². The Hall–Kier alpha value is -5.00. The van der Waals surface area contributed by atoms with Crippen molar-refractivity contribution >= 4 is 51.6 Å². The number of hydrogen-bond acceptors (Lipinski definition) is 7. The van der Waals surface area contributed by atoms with Gasteiger partial charge in [0.25, 0.3) is 5.91 Å². The molecule has 5 heterocycles. The molecule has 0 radical (unpaired) electrons. The Morgan fingerprint density at radius 1 is 1.07 bits per heavy atom. The van der Waals surface area contributed by atoms with E-state index in [1.807, 2.05) is 43.3 Å². The molecule has 2 aromatic heterocycles. The van der Waals surface area contributed by atoms with Crippen LogP contribution in [0, 0.1) is 18.2 Å². The number of hydrogen-bond donors (Lipinski definition) is 2. The first-order valence-corrected chi connectivity index (χ1v) is 19.2. The molecule has 3 aromatic carbocycles. The third-order valence-corrected chi connectivity index (χ3v) is 12.7. The van der Waals surface area contributed by atoms with Crippen LogP contribution in [-0.2, 0) is 28.1 Å². The van der Waals surface area contributed by atoms with Gasteiger partial charge >= 0.3 is 0 Å². The predicted octanol–water partition coefficient (Wildman–Crippen LogP) is 7.91. The van der Waals surface area contributed by atoms with E-state index in [9.17, 15) is 14.0 Å². The van der Waals surface area contributed by atoms with Crippen molar-refractivity contribution in [3.8, 4) is 5.88 Å². The molecule has 2 spiro atoms. The van der Waals surface area contributed by atoms with Gasteiger partial charge in [0.15, 0.2) is 0 Å². The van der Waals surface area contributed by atoms with Gasteiger partial charge in [-0.2, -0.15) is 4.98 Å². The van der Waals surface area contributed by atoms with Gasteiger partial charge < -0.3 is 29.6 Å². The van der Waals surface area contributed by atoms with E-state index in [1.54, 1.807) is 18.2 Å². The number of anilines is 3. The van der Waals surface area contributed by atoms with Crippen molar-refractivity contribution in [2.24, 2.45) is 5.41 Å². The molecule has 12 heteroatoms. The number of rotatable bonds is 9. The fourth-order valence-electron chi connectivity index (χ4n) is 8.86. The number of nitrogens with zero attached hydrogens (tertiary/aromatic N) is 4. The third kappa shape index (κ3) is 5.71. The van der Waals surface area contributed by atoms with Crippen LogP contribution in [0.5, 0.6) is 5.88 Å². The molecule has 2 amide bonds. The summed E-state index contributed by atoms with van der Waals surface area (Å²) in [4.78, 5) is 38.5. The molecule has 3 aliphatic heterocycles. The molecule has 2 aliphatic carbocycles. The number of carbonyl (C=O) groups excluding carboxylic acids is 2. The molecule has 2 N–H and O–H groups in total. The fourth-order valence-corrected chi connectivity index (χ4v) is 9.01. The molecule has 2 unspecified atom stereocenters. The van der Waals surface area contributed by atoms with Gasteiger partial charge in [0.05, 0.1) is 29.1 Å². The second-order valence-electron chi connectivity index (χ2n) is 15.7. The van der Waals surface area contributed by atoms with Crippen LogP contribution < -0.4 is 20.3 Å². The summed E-state index contributed by atoms with van der Waals surface area (Å²) in [6.45, 7) is 5.30. The van der Waals surface area contributed by atoms with Crippen molar-refractivity contribution in [2.75, 3.05) is 35.2 Å². The van der Waals surface area contributed by atoms with Gasteiger partial charge in [0, 0.05) is 59.2 Å². The van der Waals surface area contributed by atoms with Crippen LogP contribution in [0.2, 0.25) is 5.02 Å². The SMILES string of the molecule is Cc1cc(C(=O)Nc2ccc3c(c2)nc(C2CC24CCN(c2cccc(OCc5ccc(Cl)cc5F)n2)CC4)n3CC2CCO2)cc2c1NC(=O)C21CC1. The van der Waals surface area contributed by atoms with Gasteiger partial charge in [0.2, 0.25) is 11.8 Å². The number of benzene rings is 3. The minimum absolute atomic E-state index is 0.0453. The minimum atomic E-state index is -0.460. The lowest BCUT2D eigenvalue weighted by Gasteiger charge is -2.34. The number of aryl methyl sites for hydroxylation is 1. The first kappa shape index (κ1) is 33.6. The first-order valence-electron chi connectivity index (χ1n) is 18.9. The van der Waals surface area contributed by atoms with Gasteiger partial charge in [0.1, 0.15) is 24.1 Å². The molecule has 54 heavy (non-hydrogen) atoms. The monoisotopic (exact) mass is 746 g/mol. The van der Waals surface area contributed by atoms with Crippen molar-refractivity contribution in [1.29, 1.82) is 0 Å². The number of piperidine rings is 1. The van der Waals surface area contributed by atoms with E-state index in [0.29, 0.717) is 33.6 Å². The number of halogens is 2. The lowest BCUT2D eigenvalue weighted by molar-refractivity contribution is -0.117. The summed E-state index contributed by atoms with van der Waals surface area (Å²) < 4.78 is 28.4. The third-order valence-electron chi connectivity index (χ3n) is 12.4. The zero-order valence-electron chi connectivity index (χ0n) is 30.0. The average Bonchev–Trinajstić information content (AvgIpc) is 4.03. The summed E-state index contributed by atoms with van der Waals surface area (Å²) >= 11 is 5.90. The molecule has 10 nitrogen and oxygen atoms in total. The number of pyridine rings is 1. The maximum Gasteiger partial charge on any atom is 0.255 e. The van der Waals surface area contributed by atoms with E-state index in [1.165, 1.54) is 6.07 Å². The van der Waals surface area contributed by atoms with Crippen LogP contribution in [0.3, 0.4) is 0 Å². The molecule has 5 aromatic rings. The van der Waals surface area contributed by atoms with Gasteiger partial charge in [-0.05, 0) is 111 Å². The number of nitrogens with one attached hydrogen (secondary N) is 2. The van der Waals surface area contributed by atoms with E-state index in [0.717, 1.165) is 104 Å². The highest BCUT2D eigenvalue weighted by Gasteiger charge is 2.58. The molecule has 5 aliphatic rings. The van der Waals surface area contributed by atoms with Crippen molar-refractivity contribution < 1.29 is 23.5 Å². The van der Waals surface area contributed by atoms with Crippen LogP contribution in [0.25, 0.3) is 11.0 Å². The quantitative estimate of drug-likeness (QED) is 0.158. The lowest BCUT2D eigenvalue weighted by Crippen LogP contribution is -2.36. The molecule has 2 saturated carbocycles. The largest absolute Gasteiger partial charge is 0.473 e. The first-order chi connectivity index (χ1) is 26.2. The minimum Gasteiger partial charge on any atom is -0.473 e. The second kappa shape index (κ2) is 12.5. The Labute approximate surface area is 317 Å². The van der Waals surface area contributed by atoms with Crippen LogP contribution in [0.4, 0.5) is 21.6 Å². The number of amides is 2. The number of imidazole rings is 1. The summed E-state index contributed by atoms with van der Waals surface area (Å²) in [7, 11) is 0. The van der Waals surface area contributed by atoms with E-state index in [-0.39, 0.29) is 29.9 Å². The van der Waals surface area contributed by atoms with Crippen LogP contribution in [0.1, 0.15) is 77.3 Å². The zero-order chi connectivity index (χ0) is 36.8. The molecular formula is C42H40ClFN6O4. The lowest BCUT2D eigenvalue weighted by atomic mass is 9.90. The Bertz CT molecular complexity index is 2360. The maximum atomic E-state index is 14.3. The van der Waals surface area contributed by atoms with E-state index < -0.39 is 11.2 Å². The van der Waals surface area contributed by atoms with Crippen molar-refractivity contribution in [3.05, 3.63) is 106 Å². The van der Waals surface area contributed by atoms with Gasteiger partial charge in [-0.25, -0.2) is 9.37 Å². The molecule has 2 saturated heterocycles. The molecule has 10 rings (SSSR count). The van der Waals surface area contributed by atoms with Gasteiger partial charge in [-0.15, -0.1) is 0 Å². The van der Waals surface area contributed by atoms with E-state index >= 15 is 0 Å². The summed E-state index contributed by atoms with van der Waals surface area (Å²) in [6.07, 6.45) is 5.97. The number of fused-ring (bicyclic) bond motifs is 3. The van der Waals surface area contributed by atoms with Crippen LogP contribution in [-0.4, -0.2) is 52.1 Å². The Morgan fingerprint density at radius 2 is 1.91 bits per heavy atom. The zero-order valence-corrected chi connectivity index (χ0v) is 30.7. The van der Waals surface area contributed by atoms with Crippen molar-refractivity contribution in [2.45, 2.75) is 76.0 Å². The summed E-state index contributed by atoms with van der Waals surface area (Å²) in [5.41, 5.74) is 5.99. The van der Waals surface area contributed by atoms with Crippen molar-refractivity contribution in [1.82, 2.24) is 14.5 Å². The number of aromatic nitrogens is 3. The molecule has 4 fully saturated rings. The van der Waals surface area contributed by atoms with E-state index in [4.69, 9.17) is 31.0 Å². The standard InChI is InChI=1S/C42H40ClFN6O4/c1-24-17-26(18-30-37(24)48-40(52)42(30)10-11-42)39(51)45-28-7-8-34-33(20-28)46-38(50(34)22-29-9-16-53-29)31-21-41(31)12-14-49(15-13-41)35-3-2-4-36(47-35)54-23-25-5-6-27(43)19-32(25)44/h2-8,17-20,29,31H,9-16,21-23H2,1H3,(H,45,51)(H,48,52). The Balaban J connectivity index is 0.844. The highest BCUT2D eigenvalue weighted by atomic mass is 35.5. The van der Waals surface area contributed by atoms with Gasteiger partial charge in [-0.1, -0.05) is 23.7 Å². The predicted molar refractivity (Wildman–Crippen MR) is 204 cm³/mol. The average molecular weight is 747 g/mol. The molecule has 0 bridgehead atoms. The van der Waals surface area contributed by atoms with E-state index in [2.05, 4.69) is 26.2 Å². The smallest absolute Gasteiger partial charge is 0.255 e. The fraction of sp³-hybridized carbons (Fsp3) is 0.381. The highest BCUT2D eigenvalue weighted by Crippen LogP contribution is 2.65.